The quantitative estimate of drug-likeness (QED) is 0.387. The number of rotatable bonds is 5. The zero-order chi connectivity index (χ0) is 18.9. The van der Waals surface area contributed by atoms with Crippen molar-refractivity contribution in [3.8, 4) is 0 Å². The molecule has 9 heteroatoms. The number of halogens is 3. The summed E-state index contributed by atoms with van der Waals surface area (Å²) in [5.74, 6) is -0.933. The smallest absolute Gasteiger partial charge is 0.409 e. The predicted octanol–water partition coefficient (Wildman–Crippen LogP) is 2.86. The fourth-order valence-electron chi connectivity index (χ4n) is 2.77. The minimum Gasteiger partial charge on any atom is -0.450 e. The molecule has 1 N–H and O–H groups in total. The molecule has 0 radical (unpaired) electrons. The second-order valence-corrected chi connectivity index (χ2v) is 5.87. The minimum atomic E-state index is -0.839. The molecule has 0 spiro atoms. The summed E-state index contributed by atoms with van der Waals surface area (Å²) in [6, 6.07) is 4.17. The number of amides is 1. The van der Waals surface area contributed by atoms with Crippen LogP contribution in [0, 0.1) is 11.6 Å². The predicted molar refractivity (Wildman–Crippen MR) is 112 cm³/mol. The lowest BCUT2D eigenvalue weighted by Gasteiger charge is -2.35. The van der Waals surface area contributed by atoms with Gasteiger partial charge in [0.25, 0.3) is 0 Å². The van der Waals surface area contributed by atoms with E-state index >= 15 is 0 Å². The molecule has 0 bridgehead atoms. The van der Waals surface area contributed by atoms with Gasteiger partial charge in [-0.1, -0.05) is 12.1 Å². The van der Waals surface area contributed by atoms with E-state index in [2.05, 4.69) is 15.2 Å². The standard InChI is InChI=1S/C18H26F2N4O2.HI/c1-3-21-17(22-9-8-14-6-5-7-15(19)16(14)20)23-10-12-24(13-11-23)18(25)26-4-2;/h5-7H,3-4,8-13H2,1-2H3,(H,21,22);1H. The third kappa shape index (κ3) is 6.78. The molecule has 1 aromatic carbocycles. The van der Waals surface area contributed by atoms with Gasteiger partial charge in [-0.25, -0.2) is 13.6 Å². The Balaban J connectivity index is 0.00000364. The number of ether oxygens (including phenoxy) is 1. The van der Waals surface area contributed by atoms with Crippen LogP contribution in [0.1, 0.15) is 19.4 Å². The van der Waals surface area contributed by atoms with E-state index in [9.17, 15) is 13.6 Å². The molecule has 1 aliphatic heterocycles. The SMILES string of the molecule is CCNC(=NCCc1cccc(F)c1F)N1CCN(C(=O)OCC)CC1.I. The molecule has 1 aromatic rings. The highest BCUT2D eigenvalue weighted by Crippen LogP contribution is 2.12. The van der Waals surface area contributed by atoms with Crippen LogP contribution in [0.3, 0.4) is 0 Å². The van der Waals surface area contributed by atoms with Gasteiger partial charge in [-0.2, -0.15) is 0 Å². The lowest BCUT2D eigenvalue weighted by molar-refractivity contribution is 0.0914. The Kier molecular flexibility index (Phi) is 10.3. The molecule has 1 saturated heterocycles. The fourth-order valence-corrected chi connectivity index (χ4v) is 2.77. The molecular weight excluding hydrogens is 469 g/mol. The van der Waals surface area contributed by atoms with Crippen LogP contribution in [-0.2, 0) is 11.2 Å². The summed E-state index contributed by atoms with van der Waals surface area (Å²) in [6.45, 7) is 7.55. The van der Waals surface area contributed by atoms with Crippen molar-refractivity contribution in [2.75, 3.05) is 45.9 Å². The molecule has 1 amide bonds. The highest BCUT2D eigenvalue weighted by atomic mass is 127. The molecule has 6 nitrogen and oxygen atoms in total. The Labute approximate surface area is 176 Å². The summed E-state index contributed by atoms with van der Waals surface area (Å²) in [5, 5.41) is 3.21. The Morgan fingerprint density at radius 1 is 1.19 bits per heavy atom. The Morgan fingerprint density at radius 2 is 1.85 bits per heavy atom. The van der Waals surface area contributed by atoms with Gasteiger partial charge in [-0.05, 0) is 31.9 Å². The summed E-state index contributed by atoms with van der Waals surface area (Å²) in [5.41, 5.74) is 0.316. The van der Waals surface area contributed by atoms with E-state index < -0.39 is 11.6 Å². The van der Waals surface area contributed by atoms with E-state index in [0.717, 1.165) is 6.07 Å². The summed E-state index contributed by atoms with van der Waals surface area (Å²) in [6.07, 6.45) is 0.0250. The molecule has 0 saturated carbocycles. The number of guanidine groups is 1. The van der Waals surface area contributed by atoms with Crippen molar-refractivity contribution >= 4 is 36.0 Å². The number of carbonyl (C=O) groups excluding carboxylic acids is 1. The van der Waals surface area contributed by atoms with Crippen LogP contribution in [0.15, 0.2) is 23.2 Å². The van der Waals surface area contributed by atoms with Gasteiger partial charge >= 0.3 is 6.09 Å². The first-order valence-electron chi connectivity index (χ1n) is 8.94. The van der Waals surface area contributed by atoms with Crippen molar-refractivity contribution in [3.63, 3.8) is 0 Å². The lowest BCUT2D eigenvalue weighted by atomic mass is 10.1. The monoisotopic (exact) mass is 496 g/mol. The van der Waals surface area contributed by atoms with Crippen LogP contribution in [0.4, 0.5) is 13.6 Å². The number of hydrogen-bond acceptors (Lipinski definition) is 3. The molecule has 1 heterocycles. The molecule has 0 aliphatic carbocycles. The normalized spacial score (nSPS) is 14.6. The van der Waals surface area contributed by atoms with Gasteiger partial charge in [0.1, 0.15) is 0 Å². The van der Waals surface area contributed by atoms with E-state index in [0.29, 0.717) is 63.8 Å². The Morgan fingerprint density at radius 3 is 2.48 bits per heavy atom. The summed E-state index contributed by atoms with van der Waals surface area (Å²) in [7, 11) is 0. The van der Waals surface area contributed by atoms with Crippen molar-refractivity contribution < 1.29 is 18.3 Å². The second-order valence-electron chi connectivity index (χ2n) is 5.87. The molecule has 0 aromatic heterocycles. The molecule has 152 valence electrons. The average molecular weight is 496 g/mol. The van der Waals surface area contributed by atoms with Gasteiger partial charge in [0.15, 0.2) is 17.6 Å². The number of aliphatic imine (C=N–C) groups is 1. The highest BCUT2D eigenvalue weighted by Gasteiger charge is 2.23. The fraction of sp³-hybridized carbons (Fsp3) is 0.556. The number of nitrogens with one attached hydrogen (secondary N) is 1. The Hall–Kier alpha value is -1.65. The minimum absolute atomic E-state index is 0. The van der Waals surface area contributed by atoms with Gasteiger partial charge in [0.2, 0.25) is 0 Å². The number of benzene rings is 1. The molecule has 2 rings (SSSR count). The van der Waals surface area contributed by atoms with Crippen molar-refractivity contribution in [3.05, 3.63) is 35.4 Å². The molecule has 0 atom stereocenters. The number of piperazine rings is 1. The van der Waals surface area contributed by atoms with Crippen LogP contribution in [0.25, 0.3) is 0 Å². The maximum Gasteiger partial charge on any atom is 0.409 e. The molecule has 27 heavy (non-hydrogen) atoms. The largest absolute Gasteiger partial charge is 0.450 e. The van der Waals surface area contributed by atoms with Crippen molar-refractivity contribution in [1.29, 1.82) is 0 Å². The third-order valence-electron chi connectivity index (χ3n) is 4.11. The summed E-state index contributed by atoms with van der Waals surface area (Å²) < 4.78 is 32.0. The maximum absolute atomic E-state index is 13.7. The van der Waals surface area contributed by atoms with Gasteiger partial charge in [0.05, 0.1) is 6.61 Å². The van der Waals surface area contributed by atoms with Crippen LogP contribution in [0.2, 0.25) is 0 Å². The Bertz CT molecular complexity index is 638. The van der Waals surface area contributed by atoms with Gasteiger partial charge < -0.3 is 19.9 Å². The topological polar surface area (TPSA) is 57.2 Å². The number of carbonyl (C=O) groups is 1. The van der Waals surface area contributed by atoms with Gasteiger partial charge in [-0.3, -0.25) is 4.99 Å². The van der Waals surface area contributed by atoms with E-state index in [1.807, 2.05) is 6.92 Å². The van der Waals surface area contributed by atoms with E-state index in [1.165, 1.54) is 6.07 Å². The molecule has 1 fully saturated rings. The average Bonchev–Trinajstić information content (AvgIpc) is 2.65. The summed E-state index contributed by atoms with van der Waals surface area (Å²) >= 11 is 0. The van der Waals surface area contributed by atoms with E-state index in [-0.39, 0.29) is 30.1 Å². The van der Waals surface area contributed by atoms with Crippen LogP contribution in [0.5, 0.6) is 0 Å². The highest BCUT2D eigenvalue weighted by molar-refractivity contribution is 14.0. The van der Waals surface area contributed by atoms with Crippen LogP contribution < -0.4 is 5.32 Å². The van der Waals surface area contributed by atoms with Gasteiger partial charge in [-0.15, -0.1) is 24.0 Å². The van der Waals surface area contributed by atoms with Crippen molar-refractivity contribution in [2.24, 2.45) is 4.99 Å². The molecular formula is C18H27F2IN4O2. The third-order valence-corrected chi connectivity index (χ3v) is 4.11. The first-order chi connectivity index (χ1) is 12.6. The van der Waals surface area contributed by atoms with Crippen molar-refractivity contribution in [1.82, 2.24) is 15.1 Å². The van der Waals surface area contributed by atoms with Crippen molar-refractivity contribution in [2.45, 2.75) is 20.3 Å². The van der Waals surface area contributed by atoms with Gasteiger partial charge in [0, 0.05) is 39.3 Å². The first kappa shape index (κ1) is 23.4. The van der Waals surface area contributed by atoms with Crippen LogP contribution >= 0.6 is 24.0 Å². The van der Waals surface area contributed by atoms with E-state index in [4.69, 9.17) is 4.74 Å². The van der Waals surface area contributed by atoms with E-state index in [1.54, 1.807) is 17.9 Å². The number of hydrogen-bond donors (Lipinski definition) is 1. The second kappa shape index (κ2) is 11.9. The summed E-state index contributed by atoms with van der Waals surface area (Å²) in [4.78, 5) is 20.0. The maximum atomic E-state index is 13.7. The lowest BCUT2D eigenvalue weighted by Crippen LogP contribution is -2.54. The number of nitrogens with zero attached hydrogens (tertiary/aromatic N) is 3. The van der Waals surface area contributed by atoms with Crippen LogP contribution in [-0.4, -0.2) is 67.7 Å². The first-order valence-corrected chi connectivity index (χ1v) is 8.94. The molecule has 1 aliphatic rings. The zero-order valence-corrected chi connectivity index (χ0v) is 18.0. The molecule has 0 unspecified atom stereocenters. The zero-order valence-electron chi connectivity index (χ0n) is 15.7.